The van der Waals surface area contributed by atoms with Crippen LogP contribution in [0.3, 0.4) is 0 Å². The molecule has 1 aliphatic rings. The minimum absolute atomic E-state index is 0.0909. The summed E-state index contributed by atoms with van der Waals surface area (Å²) in [4.78, 5) is 0. The van der Waals surface area contributed by atoms with E-state index in [0.29, 0.717) is 0 Å². The number of hydrogen-bond acceptors (Lipinski definition) is 1. The second-order valence-electron chi connectivity index (χ2n) is 6.04. The van der Waals surface area contributed by atoms with E-state index in [0.717, 1.165) is 17.7 Å². The van der Waals surface area contributed by atoms with Crippen LogP contribution in [0, 0.1) is 17.3 Å². The van der Waals surface area contributed by atoms with E-state index in [1.54, 1.807) is 7.11 Å². The molecular weight excluding hydrogens is 256 g/mol. The van der Waals surface area contributed by atoms with Crippen molar-refractivity contribution < 1.29 is 4.74 Å². The fourth-order valence-electron chi connectivity index (χ4n) is 2.93. The normalized spacial score (nSPS) is 16.9. The Morgan fingerprint density at radius 1 is 0.952 bits per heavy atom. The van der Waals surface area contributed by atoms with E-state index in [1.807, 2.05) is 24.3 Å². The number of ether oxygens (including phenoxy) is 1. The van der Waals surface area contributed by atoms with E-state index >= 15 is 0 Å². The molecule has 0 saturated carbocycles. The zero-order valence-electron chi connectivity index (χ0n) is 13.9. The van der Waals surface area contributed by atoms with Gasteiger partial charge in [0.2, 0.25) is 0 Å². The molecular formula is C20H24O. The lowest BCUT2D eigenvalue weighted by Crippen LogP contribution is -2.16. The zero-order chi connectivity index (χ0) is 15.6. The SMILES string of the molecule is COc1ccc(C#CCC2(C)C(C)=C(C)C(C)=C2C)cc1. The molecule has 0 aromatic heterocycles. The Morgan fingerprint density at radius 2 is 1.48 bits per heavy atom. The van der Waals surface area contributed by atoms with Crippen LogP contribution in [0.2, 0.25) is 0 Å². The maximum atomic E-state index is 5.16. The molecule has 1 heteroatoms. The summed E-state index contributed by atoms with van der Waals surface area (Å²) >= 11 is 0. The number of methoxy groups -OCH3 is 1. The second-order valence-corrected chi connectivity index (χ2v) is 6.04. The van der Waals surface area contributed by atoms with Gasteiger partial charge >= 0.3 is 0 Å². The molecule has 0 spiro atoms. The Hall–Kier alpha value is -1.94. The van der Waals surface area contributed by atoms with Gasteiger partial charge in [-0.2, -0.15) is 0 Å². The molecule has 21 heavy (non-hydrogen) atoms. The van der Waals surface area contributed by atoms with Crippen molar-refractivity contribution >= 4 is 0 Å². The molecule has 1 aliphatic carbocycles. The largest absolute Gasteiger partial charge is 0.497 e. The van der Waals surface area contributed by atoms with Crippen molar-refractivity contribution in [3.63, 3.8) is 0 Å². The van der Waals surface area contributed by atoms with E-state index in [-0.39, 0.29) is 5.41 Å². The summed E-state index contributed by atoms with van der Waals surface area (Å²) in [6.45, 7) is 11.2. The smallest absolute Gasteiger partial charge is 0.118 e. The molecule has 0 radical (unpaired) electrons. The lowest BCUT2D eigenvalue weighted by Gasteiger charge is -2.26. The first kappa shape index (κ1) is 15.4. The van der Waals surface area contributed by atoms with Gasteiger partial charge in [0.05, 0.1) is 7.11 Å². The monoisotopic (exact) mass is 280 g/mol. The van der Waals surface area contributed by atoms with Crippen LogP contribution >= 0.6 is 0 Å². The highest BCUT2D eigenvalue weighted by Gasteiger charge is 2.35. The van der Waals surface area contributed by atoms with Gasteiger partial charge in [-0.25, -0.2) is 0 Å². The molecule has 0 fully saturated rings. The van der Waals surface area contributed by atoms with Crippen molar-refractivity contribution in [1.29, 1.82) is 0 Å². The predicted octanol–water partition coefficient (Wildman–Crippen LogP) is 5.13. The summed E-state index contributed by atoms with van der Waals surface area (Å²) in [5, 5.41) is 0. The summed E-state index contributed by atoms with van der Waals surface area (Å²) in [5.74, 6) is 7.50. The summed E-state index contributed by atoms with van der Waals surface area (Å²) in [7, 11) is 1.68. The van der Waals surface area contributed by atoms with Crippen LogP contribution in [0.1, 0.15) is 46.6 Å². The van der Waals surface area contributed by atoms with Crippen LogP contribution in [0.15, 0.2) is 46.6 Å². The van der Waals surface area contributed by atoms with Gasteiger partial charge in [-0.05, 0) is 63.1 Å². The fourth-order valence-corrected chi connectivity index (χ4v) is 2.93. The molecule has 0 saturated heterocycles. The number of rotatable bonds is 2. The highest BCUT2D eigenvalue weighted by atomic mass is 16.5. The van der Waals surface area contributed by atoms with Crippen LogP contribution < -0.4 is 4.74 Å². The molecule has 2 rings (SSSR count). The lowest BCUT2D eigenvalue weighted by molar-refractivity contribution is 0.415. The van der Waals surface area contributed by atoms with E-state index < -0.39 is 0 Å². The molecule has 1 aromatic rings. The highest BCUT2D eigenvalue weighted by Crippen LogP contribution is 2.48. The van der Waals surface area contributed by atoms with Gasteiger partial charge in [-0.15, -0.1) is 0 Å². The van der Waals surface area contributed by atoms with E-state index in [1.165, 1.54) is 22.3 Å². The van der Waals surface area contributed by atoms with Crippen molar-refractivity contribution in [3.05, 3.63) is 52.1 Å². The van der Waals surface area contributed by atoms with Crippen molar-refractivity contribution in [2.75, 3.05) is 7.11 Å². The molecule has 110 valence electrons. The van der Waals surface area contributed by atoms with Gasteiger partial charge in [0.1, 0.15) is 5.75 Å². The summed E-state index contributed by atoms with van der Waals surface area (Å²) in [6.07, 6.45) is 0.866. The van der Waals surface area contributed by atoms with Gasteiger partial charge in [0.15, 0.2) is 0 Å². The third-order valence-corrected chi connectivity index (χ3v) is 5.11. The Labute approximate surface area is 128 Å². The number of benzene rings is 1. The fraction of sp³-hybridized carbons (Fsp3) is 0.400. The first-order valence-corrected chi connectivity index (χ1v) is 7.39. The van der Waals surface area contributed by atoms with Gasteiger partial charge < -0.3 is 4.74 Å². The molecule has 0 heterocycles. The topological polar surface area (TPSA) is 9.23 Å². The first-order chi connectivity index (χ1) is 9.90. The summed E-state index contributed by atoms with van der Waals surface area (Å²) in [6, 6.07) is 7.91. The average molecular weight is 280 g/mol. The van der Waals surface area contributed by atoms with Crippen molar-refractivity contribution in [2.24, 2.45) is 5.41 Å². The zero-order valence-corrected chi connectivity index (χ0v) is 13.9. The standard InChI is InChI=1S/C20H24O/c1-14-15(2)17(4)20(5,16(14)3)13-7-8-18-9-11-19(21-6)12-10-18/h9-12H,13H2,1-6H3. The third kappa shape index (κ3) is 2.76. The third-order valence-electron chi connectivity index (χ3n) is 5.11. The molecule has 1 aromatic carbocycles. The van der Waals surface area contributed by atoms with E-state index in [4.69, 9.17) is 4.74 Å². The van der Waals surface area contributed by atoms with E-state index in [9.17, 15) is 0 Å². The quantitative estimate of drug-likeness (QED) is 0.682. The maximum absolute atomic E-state index is 5.16. The summed E-state index contributed by atoms with van der Waals surface area (Å²) < 4.78 is 5.16. The molecule has 1 nitrogen and oxygen atoms in total. The first-order valence-electron chi connectivity index (χ1n) is 7.39. The summed E-state index contributed by atoms with van der Waals surface area (Å²) in [5.41, 5.74) is 6.91. The van der Waals surface area contributed by atoms with Crippen molar-refractivity contribution in [1.82, 2.24) is 0 Å². The minimum Gasteiger partial charge on any atom is -0.497 e. The second kappa shape index (κ2) is 5.82. The number of allylic oxidation sites excluding steroid dienone is 4. The molecule has 0 atom stereocenters. The minimum atomic E-state index is 0.0909. The highest BCUT2D eigenvalue weighted by molar-refractivity contribution is 5.51. The van der Waals surface area contributed by atoms with Crippen LogP contribution in [0.4, 0.5) is 0 Å². The predicted molar refractivity (Wildman–Crippen MR) is 89.3 cm³/mol. The Morgan fingerprint density at radius 3 is 1.95 bits per heavy atom. The molecule has 0 unspecified atom stereocenters. The average Bonchev–Trinajstić information content (AvgIpc) is 2.64. The maximum Gasteiger partial charge on any atom is 0.118 e. The molecule has 0 N–H and O–H groups in total. The molecule has 0 aliphatic heterocycles. The molecule has 0 bridgehead atoms. The van der Waals surface area contributed by atoms with Gasteiger partial charge in [0.25, 0.3) is 0 Å². The Balaban J connectivity index is 2.19. The Kier molecular flexibility index (Phi) is 4.28. The number of hydrogen-bond donors (Lipinski definition) is 0. The van der Waals surface area contributed by atoms with Crippen LogP contribution in [-0.2, 0) is 0 Å². The van der Waals surface area contributed by atoms with Crippen LogP contribution in [0.5, 0.6) is 5.75 Å². The van der Waals surface area contributed by atoms with Crippen LogP contribution in [0.25, 0.3) is 0 Å². The van der Waals surface area contributed by atoms with Crippen molar-refractivity contribution in [2.45, 2.75) is 41.0 Å². The van der Waals surface area contributed by atoms with E-state index in [2.05, 4.69) is 46.5 Å². The van der Waals surface area contributed by atoms with Crippen molar-refractivity contribution in [3.8, 4) is 17.6 Å². The van der Waals surface area contributed by atoms with Gasteiger partial charge in [-0.3, -0.25) is 0 Å². The van der Waals surface area contributed by atoms with Gasteiger partial charge in [0, 0.05) is 17.4 Å². The molecule has 0 amide bonds. The lowest BCUT2D eigenvalue weighted by atomic mass is 9.77. The van der Waals surface area contributed by atoms with Crippen LogP contribution in [-0.4, -0.2) is 7.11 Å². The Bertz CT molecular complexity index is 636. The van der Waals surface area contributed by atoms with Gasteiger partial charge in [-0.1, -0.05) is 29.9 Å².